The molecule has 76 valence electrons. The highest BCUT2D eigenvalue weighted by atomic mass is 16.5. The van der Waals surface area contributed by atoms with E-state index in [4.69, 9.17) is 4.74 Å². The molecule has 14 heavy (non-hydrogen) atoms. The van der Waals surface area contributed by atoms with E-state index in [0.717, 1.165) is 12.8 Å². The molecule has 0 aromatic carbocycles. The van der Waals surface area contributed by atoms with Crippen molar-refractivity contribution in [3.8, 4) is 0 Å². The van der Waals surface area contributed by atoms with E-state index in [1.54, 1.807) is 0 Å². The van der Waals surface area contributed by atoms with Crippen LogP contribution in [0.1, 0.15) is 26.0 Å². The Labute approximate surface area is 80.3 Å². The number of ether oxygens (including phenoxy) is 1. The summed E-state index contributed by atoms with van der Waals surface area (Å²) >= 11 is 0. The van der Waals surface area contributed by atoms with E-state index in [1.807, 2.05) is 6.92 Å². The molecule has 1 fully saturated rings. The second kappa shape index (κ2) is 3.42. The zero-order valence-corrected chi connectivity index (χ0v) is 7.90. The first-order valence-electron chi connectivity index (χ1n) is 4.64. The fourth-order valence-corrected chi connectivity index (χ4v) is 1.64. The second-order valence-electron chi connectivity index (χ2n) is 3.50. The first-order chi connectivity index (χ1) is 6.66. The first-order valence-corrected chi connectivity index (χ1v) is 4.64. The van der Waals surface area contributed by atoms with Crippen molar-refractivity contribution < 1.29 is 4.74 Å². The summed E-state index contributed by atoms with van der Waals surface area (Å²) in [6.45, 7) is 1.97. The zero-order chi connectivity index (χ0) is 10.1. The van der Waals surface area contributed by atoms with Crippen LogP contribution in [0.5, 0.6) is 0 Å². The lowest BCUT2D eigenvalue weighted by Crippen LogP contribution is -2.31. The average Bonchev–Trinajstić information content (AvgIpc) is 2.51. The van der Waals surface area contributed by atoms with Crippen LogP contribution in [0.15, 0.2) is 21.9 Å². The molecule has 0 spiro atoms. The van der Waals surface area contributed by atoms with Gasteiger partial charge >= 0.3 is 5.69 Å². The van der Waals surface area contributed by atoms with Crippen LogP contribution in [0.2, 0.25) is 0 Å². The Kier molecular flexibility index (Phi) is 2.25. The number of H-pyrrole nitrogens is 1. The van der Waals surface area contributed by atoms with Crippen molar-refractivity contribution in [2.75, 3.05) is 0 Å². The molecule has 5 heteroatoms. The zero-order valence-electron chi connectivity index (χ0n) is 7.90. The van der Waals surface area contributed by atoms with E-state index in [-0.39, 0.29) is 17.9 Å². The SMILES string of the molecule is C[C@H]1CC[C@H](n2ccc(=O)[nH]c2=O)O1. The highest BCUT2D eigenvalue weighted by Gasteiger charge is 2.23. The fourth-order valence-electron chi connectivity index (χ4n) is 1.64. The van der Waals surface area contributed by atoms with Gasteiger partial charge in [-0.3, -0.25) is 14.3 Å². The molecular formula is C9H12N2O3. The number of hydrogen-bond donors (Lipinski definition) is 1. The Morgan fingerprint density at radius 1 is 1.50 bits per heavy atom. The largest absolute Gasteiger partial charge is 0.355 e. The molecule has 1 aromatic heterocycles. The van der Waals surface area contributed by atoms with Gasteiger partial charge in [0.2, 0.25) is 0 Å². The van der Waals surface area contributed by atoms with Crippen molar-refractivity contribution in [2.45, 2.75) is 32.1 Å². The van der Waals surface area contributed by atoms with E-state index in [1.165, 1.54) is 16.8 Å². The topological polar surface area (TPSA) is 64.1 Å². The smallest absolute Gasteiger partial charge is 0.330 e. The van der Waals surface area contributed by atoms with Crippen LogP contribution in [0.25, 0.3) is 0 Å². The molecule has 2 heterocycles. The number of nitrogens with zero attached hydrogens (tertiary/aromatic N) is 1. The Morgan fingerprint density at radius 3 is 2.86 bits per heavy atom. The standard InChI is InChI=1S/C9H12N2O3/c1-6-2-3-8(14-6)11-5-4-7(12)10-9(11)13/h4-6,8H,2-3H2,1H3,(H,10,12,13)/t6-,8+/m0/s1. The molecule has 1 saturated heterocycles. The van der Waals surface area contributed by atoms with E-state index >= 15 is 0 Å². The molecular weight excluding hydrogens is 184 g/mol. The van der Waals surface area contributed by atoms with Crippen LogP contribution in [0.3, 0.4) is 0 Å². The molecule has 2 atom stereocenters. The highest BCUT2D eigenvalue weighted by molar-refractivity contribution is 4.85. The first kappa shape index (κ1) is 9.21. The van der Waals surface area contributed by atoms with Gasteiger partial charge in [0.15, 0.2) is 0 Å². The summed E-state index contributed by atoms with van der Waals surface area (Å²) < 4.78 is 6.93. The maximum absolute atomic E-state index is 11.4. The Morgan fingerprint density at radius 2 is 2.29 bits per heavy atom. The highest BCUT2D eigenvalue weighted by Crippen LogP contribution is 2.25. The van der Waals surface area contributed by atoms with Crippen molar-refractivity contribution in [3.05, 3.63) is 33.1 Å². The van der Waals surface area contributed by atoms with E-state index < -0.39 is 5.69 Å². The maximum atomic E-state index is 11.4. The molecule has 0 radical (unpaired) electrons. The van der Waals surface area contributed by atoms with E-state index in [0.29, 0.717) is 0 Å². The van der Waals surface area contributed by atoms with Gasteiger partial charge in [-0.2, -0.15) is 0 Å². The van der Waals surface area contributed by atoms with Crippen LogP contribution in [0, 0.1) is 0 Å². The fraction of sp³-hybridized carbons (Fsp3) is 0.556. The predicted octanol–water partition coefficient (Wildman–Crippen LogP) is 0.234. The number of rotatable bonds is 1. The molecule has 1 aliphatic rings. The Hall–Kier alpha value is -1.36. The minimum absolute atomic E-state index is 0.179. The summed E-state index contributed by atoms with van der Waals surface area (Å²) in [5.74, 6) is 0. The maximum Gasteiger partial charge on any atom is 0.330 e. The molecule has 5 nitrogen and oxygen atoms in total. The minimum atomic E-state index is -0.406. The summed E-state index contributed by atoms with van der Waals surface area (Å²) in [5.41, 5.74) is -0.783. The van der Waals surface area contributed by atoms with Crippen LogP contribution >= 0.6 is 0 Å². The lowest BCUT2D eigenvalue weighted by atomic mass is 10.2. The Balaban J connectivity index is 2.33. The molecule has 2 rings (SSSR count). The van der Waals surface area contributed by atoms with Crippen molar-refractivity contribution in [1.82, 2.24) is 9.55 Å². The van der Waals surface area contributed by atoms with Gasteiger partial charge in [-0.1, -0.05) is 0 Å². The lowest BCUT2D eigenvalue weighted by molar-refractivity contribution is 0.00792. The number of aromatic nitrogens is 2. The molecule has 0 saturated carbocycles. The number of nitrogens with one attached hydrogen (secondary N) is 1. The summed E-state index contributed by atoms with van der Waals surface area (Å²) in [6, 6.07) is 1.33. The van der Waals surface area contributed by atoms with E-state index in [2.05, 4.69) is 4.98 Å². The predicted molar refractivity (Wildman–Crippen MR) is 50.1 cm³/mol. The lowest BCUT2D eigenvalue weighted by Gasteiger charge is -2.12. The normalized spacial score (nSPS) is 26.6. The molecule has 0 amide bonds. The molecule has 0 bridgehead atoms. The van der Waals surface area contributed by atoms with Gasteiger partial charge in [-0.15, -0.1) is 0 Å². The van der Waals surface area contributed by atoms with Crippen molar-refractivity contribution >= 4 is 0 Å². The molecule has 0 aliphatic carbocycles. The van der Waals surface area contributed by atoms with Crippen LogP contribution in [-0.2, 0) is 4.74 Å². The molecule has 1 N–H and O–H groups in total. The second-order valence-corrected chi connectivity index (χ2v) is 3.50. The summed E-state index contributed by atoms with van der Waals surface area (Å²) in [7, 11) is 0. The van der Waals surface area contributed by atoms with E-state index in [9.17, 15) is 9.59 Å². The minimum Gasteiger partial charge on any atom is -0.355 e. The summed E-state index contributed by atoms with van der Waals surface area (Å²) in [6.07, 6.45) is 3.18. The van der Waals surface area contributed by atoms with Crippen molar-refractivity contribution in [2.24, 2.45) is 0 Å². The summed E-state index contributed by atoms with van der Waals surface area (Å²) in [4.78, 5) is 24.4. The third-order valence-corrected chi connectivity index (χ3v) is 2.37. The number of hydrogen-bond acceptors (Lipinski definition) is 3. The summed E-state index contributed by atoms with van der Waals surface area (Å²) in [5, 5.41) is 0. The Bertz CT molecular complexity index is 434. The molecule has 1 aromatic rings. The number of aromatic amines is 1. The van der Waals surface area contributed by atoms with Gasteiger partial charge < -0.3 is 4.74 Å². The van der Waals surface area contributed by atoms with Gasteiger partial charge in [0.05, 0.1) is 6.10 Å². The quantitative estimate of drug-likeness (QED) is 0.699. The van der Waals surface area contributed by atoms with Gasteiger partial charge in [-0.05, 0) is 19.8 Å². The third-order valence-electron chi connectivity index (χ3n) is 2.37. The van der Waals surface area contributed by atoms with Crippen LogP contribution in [0.4, 0.5) is 0 Å². The monoisotopic (exact) mass is 196 g/mol. The van der Waals surface area contributed by atoms with Crippen molar-refractivity contribution in [1.29, 1.82) is 0 Å². The average molecular weight is 196 g/mol. The van der Waals surface area contributed by atoms with Crippen LogP contribution < -0.4 is 11.2 Å². The van der Waals surface area contributed by atoms with Gasteiger partial charge in [0, 0.05) is 12.3 Å². The van der Waals surface area contributed by atoms with Gasteiger partial charge in [0.1, 0.15) is 6.23 Å². The molecule has 1 aliphatic heterocycles. The van der Waals surface area contributed by atoms with Gasteiger partial charge in [-0.25, -0.2) is 4.79 Å². The molecule has 0 unspecified atom stereocenters. The van der Waals surface area contributed by atoms with Gasteiger partial charge in [0.25, 0.3) is 5.56 Å². The third kappa shape index (κ3) is 1.63. The van der Waals surface area contributed by atoms with Crippen molar-refractivity contribution in [3.63, 3.8) is 0 Å². The van der Waals surface area contributed by atoms with Crippen LogP contribution in [-0.4, -0.2) is 15.7 Å².